The van der Waals surface area contributed by atoms with Gasteiger partial charge < -0.3 is 5.32 Å². The zero-order chi connectivity index (χ0) is 17.0. The molecular formula is C16H21N5O2S. The number of pyridine rings is 1. The molecule has 1 atom stereocenters. The van der Waals surface area contributed by atoms with Crippen molar-refractivity contribution in [2.75, 3.05) is 24.2 Å². The molecule has 24 heavy (non-hydrogen) atoms. The predicted octanol–water partition coefficient (Wildman–Crippen LogP) is 2.14. The van der Waals surface area contributed by atoms with E-state index in [0.29, 0.717) is 24.7 Å². The van der Waals surface area contributed by atoms with Crippen LogP contribution >= 0.6 is 0 Å². The number of aromatic nitrogens is 3. The van der Waals surface area contributed by atoms with Gasteiger partial charge in [-0.05, 0) is 31.9 Å². The van der Waals surface area contributed by atoms with E-state index in [-0.39, 0.29) is 11.7 Å². The molecule has 2 aromatic heterocycles. The second-order valence-corrected chi connectivity index (χ2v) is 8.02. The number of anilines is 2. The Labute approximate surface area is 142 Å². The van der Waals surface area contributed by atoms with E-state index in [1.54, 1.807) is 29.8 Å². The summed E-state index contributed by atoms with van der Waals surface area (Å²) in [6, 6.07) is 5.59. The summed E-state index contributed by atoms with van der Waals surface area (Å²) in [6.45, 7) is 2.76. The maximum absolute atomic E-state index is 12.1. The van der Waals surface area contributed by atoms with E-state index in [2.05, 4.69) is 20.3 Å². The fourth-order valence-corrected chi connectivity index (χ4v) is 3.98. The lowest BCUT2D eigenvalue weighted by Crippen LogP contribution is -2.40. The van der Waals surface area contributed by atoms with Crippen LogP contribution in [0.1, 0.15) is 31.4 Å². The normalized spacial score (nSPS) is 19.1. The van der Waals surface area contributed by atoms with Gasteiger partial charge in [0.25, 0.3) is 0 Å². The molecule has 8 heteroatoms. The summed E-state index contributed by atoms with van der Waals surface area (Å²) in [7, 11) is -3.15. The average molecular weight is 347 g/mol. The Balaban J connectivity index is 1.69. The maximum atomic E-state index is 12.1. The number of hydrogen-bond acceptors (Lipinski definition) is 6. The molecule has 1 aliphatic rings. The quantitative estimate of drug-likeness (QED) is 0.891. The zero-order valence-corrected chi connectivity index (χ0v) is 14.4. The third-order valence-corrected chi connectivity index (χ3v) is 6.00. The molecule has 0 amide bonds. The SMILES string of the molecule is CCS(=O)(=O)N1CCCC(c2cnc(Nc3ccccn3)cn2)C1. The zero-order valence-electron chi connectivity index (χ0n) is 13.6. The summed E-state index contributed by atoms with van der Waals surface area (Å²) in [4.78, 5) is 13.0. The van der Waals surface area contributed by atoms with Crippen molar-refractivity contribution in [3.63, 3.8) is 0 Å². The molecule has 0 saturated carbocycles. The molecule has 128 valence electrons. The number of piperidine rings is 1. The molecule has 0 bridgehead atoms. The molecule has 1 fully saturated rings. The topological polar surface area (TPSA) is 88.1 Å². The number of rotatable bonds is 5. The first-order valence-electron chi connectivity index (χ1n) is 8.06. The lowest BCUT2D eigenvalue weighted by molar-refractivity contribution is 0.312. The first-order valence-corrected chi connectivity index (χ1v) is 9.67. The third-order valence-electron chi connectivity index (χ3n) is 4.15. The molecule has 1 unspecified atom stereocenters. The van der Waals surface area contributed by atoms with Crippen LogP contribution in [0.25, 0.3) is 0 Å². The second kappa shape index (κ2) is 7.23. The van der Waals surface area contributed by atoms with E-state index in [4.69, 9.17) is 0 Å². The number of nitrogens with one attached hydrogen (secondary N) is 1. The highest BCUT2D eigenvalue weighted by molar-refractivity contribution is 7.89. The minimum atomic E-state index is -3.15. The fourth-order valence-electron chi connectivity index (χ4n) is 2.80. The van der Waals surface area contributed by atoms with Gasteiger partial charge in [0.2, 0.25) is 10.0 Å². The Kier molecular flexibility index (Phi) is 5.06. The Hall–Kier alpha value is -2.06. The van der Waals surface area contributed by atoms with Crippen molar-refractivity contribution in [3.8, 4) is 0 Å². The summed E-state index contributed by atoms with van der Waals surface area (Å²) < 4.78 is 25.7. The van der Waals surface area contributed by atoms with Crippen LogP contribution in [0.5, 0.6) is 0 Å². The molecule has 2 aromatic rings. The smallest absolute Gasteiger partial charge is 0.213 e. The molecule has 0 aliphatic carbocycles. The van der Waals surface area contributed by atoms with E-state index in [0.717, 1.165) is 18.5 Å². The Bertz CT molecular complexity index is 765. The number of sulfonamides is 1. The molecule has 3 rings (SSSR count). The Morgan fingerprint density at radius 1 is 1.21 bits per heavy atom. The summed E-state index contributed by atoms with van der Waals surface area (Å²) in [5.74, 6) is 1.55. The minimum Gasteiger partial charge on any atom is -0.324 e. The van der Waals surface area contributed by atoms with Crippen molar-refractivity contribution in [2.45, 2.75) is 25.7 Å². The molecule has 1 saturated heterocycles. The fraction of sp³-hybridized carbons (Fsp3) is 0.438. The van der Waals surface area contributed by atoms with Crippen LogP contribution < -0.4 is 5.32 Å². The van der Waals surface area contributed by atoms with Gasteiger partial charge in [0.15, 0.2) is 0 Å². The molecule has 7 nitrogen and oxygen atoms in total. The largest absolute Gasteiger partial charge is 0.324 e. The monoisotopic (exact) mass is 347 g/mol. The molecule has 0 spiro atoms. The summed E-state index contributed by atoms with van der Waals surface area (Å²) in [6.07, 6.45) is 6.86. The Morgan fingerprint density at radius 3 is 2.75 bits per heavy atom. The van der Waals surface area contributed by atoms with Crippen molar-refractivity contribution < 1.29 is 8.42 Å². The van der Waals surface area contributed by atoms with Gasteiger partial charge in [-0.15, -0.1) is 0 Å². The molecule has 1 aliphatic heterocycles. The highest BCUT2D eigenvalue weighted by atomic mass is 32.2. The second-order valence-electron chi connectivity index (χ2n) is 5.76. The predicted molar refractivity (Wildman–Crippen MR) is 92.6 cm³/mol. The van der Waals surface area contributed by atoms with Gasteiger partial charge in [0, 0.05) is 25.2 Å². The van der Waals surface area contributed by atoms with Crippen molar-refractivity contribution in [2.24, 2.45) is 0 Å². The van der Waals surface area contributed by atoms with Crippen LogP contribution in [0.4, 0.5) is 11.6 Å². The van der Waals surface area contributed by atoms with Crippen molar-refractivity contribution >= 4 is 21.7 Å². The molecule has 0 aromatic carbocycles. The van der Waals surface area contributed by atoms with E-state index in [1.165, 1.54) is 0 Å². The highest BCUT2D eigenvalue weighted by Crippen LogP contribution is 2.27. The molecule has 0 radical (unpaired) electrons. The molecule has 1 N–H and O–H groups in total. The summed E-state index contributed by atoms with van der Waals surface area (Å²) in [5, 5.41) is 3.09. The Morgan fingerprint density at radius 2 is 2.08 bits per heavy atom. The summed E-state index contributed by atoms with van der Waals surface area (Å²) in [5.41, 5.74) is 0.831. The van der Waals surface area contributed by atoms with E-state index < -0.39 is 10.0 Å². The minimum absolute atomic E-state index is 0.0940. The standard InChI is InChI=1S/C16H21N5O2S/c1-2-24(22,23)21-9-5-6-13(12-21)14-10-19-16(11-18-14)20-15-7-3-4-8-17-15/h3-4,7-8,10-11,13H,2,5-6,9,12H2,1H3,(H,17,19,20). The first kappa shape index (κ1) is 16.8. The van der Waals surface area contributed by atoms with Crippen LogP contribution in [0.15, 0.2) is 36.8 Å². The lowest BCUT2D eigenvalue weighted by atomic mass is 9.96. The van der Waals surface area contributed by atoms with Gasteiger partial charge in [-0.2, -0.15) is 0 Å². The van der Waals surface area contributed by atoms with Crippen LogP contribution in [0.2, 0.25) is 0 Å². The van der Waals surface area contributed by atoms with Crippen molar-refractivity contribution in [1.29, 1.82) is 0 Å². The van der Waals surface area contributed by atoms with Gasteiger partial charge in [-0.3, -0.25) is 4.98 Å². The number of nitrogens with zero attached hydrogens (tertiary/aromatic N) is 4. The number of hydrogen-bond donors (Lipinski definition) is 1. The van der Waals surface area contributed by atoms with Crippen molar-refractivity contribution in [3.05, 3.63) is 42.5 Å². The van der Waals surface area contributed by atoms with E-state index >= 15 is 0 Å². The van der Waals surface area contributed by atoms with Gasteiger partial charge in [0.1, 0.15) is 11.6 Å². The maximum Gasteiger partial charge on any atom is 0.213 e. The first-order chi connectivity index (χ1) is 11.6. The van der Waals surface area contributed by atoms with Gasteiger partial charge >= 0.3 is 0 Å². The van der Waals surface area contributed by atoms with E-state index in [1.807, 2.05) is 18.2 Å². The van der Waals surface area contributed by atoms with Crippen LogP contribution in [-0.2, 0) is 10.0 Å². The van der Waals surface area contributed by atoms with Gasteiger partial charge in [-0.25, -0.2) is 22.7 Å². The average Bonchev–Trinajstić information content (AvgIpc) is 2.63. The molecular weight excluding hydrogens is 326 g/mol. The van der Waals surface area contributed by atoms with Crippen LogP contribution in [0, 0.1) is 0 Å². The molecule has 3 heterocycles. The van der Waals surface area contributed by atoms with E-state index in [9.17, 15) is 8.42 Å². The van der Waals surface area contributed by atoms with Crippen LogP contribution in [-0.4, -0.2) is 46.5 Å². The van der Waals surface area contributed by atoms with Crippen molar-refractivity contribution in [1.82, 2.24) is 19.3 Å². The third kappa shape index (κ3) is 3.88. The lowest BCUT2D eigenvalue weighted by Gasteiger charge is -2.31. The van der Waals surface area contributed by atoms with Gasteiger partial charge in [-0.1, -0.05) is 6.07 Å². The highest BCUT2D eigenvalue weighted by Gasteiger charge is 2.29. The van der Waals surface area contributed by atoms with Crippen LogP contribution in [0.3, 0.4) is 0 Å². The summed E-state index contributed by atoms with van der Waals surface area (Å²) >= 11 is 0. The van der Waals surface area contributed by atoms with Gasteiger partial charge in [0.05, 0.1) is 23.8 Å².